The minimum atomic E-state index is 0.215. The van der Waals surface area contributed by atoms with Gasteiger partial charge in [-0.25, -0.2) is 0 Å². The van der Waals surface area contributed by atoms with Crippen LogP contribution in [0.4, 0.5) is 0 Å². The maximum atomic E-state index is 9.42. The molecule has 0 saturated heterocycles. The standard InChI is InChI=1S/C12H17NO/c1-12(2)5-6-13-8-9-7-10(14)3-4-11(9)12/h3-4,7,13-14H,5-6,8H2,1-2H3. The fraction of sp³-hybridized carbons (Fsp3) is 0.500. The van der Waals surface area contributed by atoms with Crippen LogP contribution in [0, 0.1) is 0 Å². The van der Waals surface area contributed by atoms with E-state index in [-0.39, 0.29) is 5.41 Å². The highest BCUT2D eigenvalue weighted by molar-refractivity contribution is 5.39. The monoisotopic (exact) mass is 191 g/mol. The minimum absolute atomic E-state index is 0.215. The first-order valence-corrected chi connectivity index (χ1v) is 5.13. The van der Waals surface area contributed by atoms with Gasteiger partial charge in [-0.05, 0) is 41.6 Å². The second-order valence-electron chi connectivity index (χ2n) is 4.65. The van der Waals surface area contributed by atoms with E-state index in [2.05, 4.69) is 25.2 Å². The molecule has 2 rings (SSSR count). The average molecular weight is 191 g/mol. The predicted octanol–water partition coefficient (Wildman–Crippen LogP) is 2.16. The van der Waals surface area contributed by atoms with Crippen molar-refractivity contribution in [3.8, 4) is 5.75 Å². The van der Waals surface area contributed by atoms with E-state index >= 15 is 0 Å². The number of fused-ring (bicyclic) bond motifs is 1. The fourth-order valence-corrected chi connectivity index (χ4v) is 2.15. The predicted molar refractivity (Wildman–Crippen MR) is 57.5 cm³/mol. The van der Waals surface area contributed by atoms with Crippen molar-refractivity contribution < 1.29 is 5.11 Å². The highest BCUT2D eigenvalue weighted by Gasteiger charge is 2.25. The maximum Gasteiger partial charge on any atom is 0.115 e. The van der Waals surface area contributed by atoms with Gasteiger partial charge in [0.2, 0.25) is 0 Å². The number of aromatic hydroxyl groups is 1. The van der Waals surface area contributed by atoms with E-state index in [0.29, 0.717) is 5.75 Å². The van der Waals surface area contributed by atoms with Crippen molar-refractivity contribution in [3.63, 3.8) is 0 Å². The first kappa shape index (κ1) is 9.53. The Labute approximate surface area is 85.0 Å². The second kappa shape index (κ2) is 3.28. The van der Waals surface area contributed by atoms with E-state index in [9.17, 15) is 5.11 Å². The Kier molecular flexibility index (Phi) is 2.23. The van der Waals surface area contributed by atoms with Gasteiger partial charge in [-0.2, -0.15) is 0 Å². The summed E-state index contributed by atoms with van der Waals surface area (Å²) in [5.41, 5.74) is 2.81. The molecule has 1 aliphatic rings. The third-order valence-electron chi connectivity index (χ3n) is 3.06. The van der Waals surface area contributed by atoms with E-state index in [1.54, 1.807) is 6.07 Å². The van der Waals surface area contributed by atoms with Crippen LogP contribution in [0.3, 0.4) is 0 Å². The molecule has 2 N–H and O–H groups in total. The molecule has 76 valence electrons. The molecule has 0 saturated carbocycles. The van der Waals surface area contributed by atoms with Crippen LogP contribution >= 0.6 is 0 Å². The topological polar surface area (TPSA) is 32.3 Å². The van der Waals surface area contributed by atoms with Crippen LogP contribution in [0.1, 0.15) is 31.4 Å². The van der Waals surface area contributed by atoms with Gasteiger partial charge in [0.25, 0.3) is 0 Å². The summed E-state index contributed by atoms with van der Waals surface area (Å²) in [4.78, 5) is 0. The number of rotatable bonds is 0. The molecule has 0 aliphatic carbocycles. The van der Waals surface area contributed by atoms with Gasteiger partial charge in [-0.15, -0.1) is 0 Å². The maximum absolute atomic E-state index is 9.42. The summed E-state index contributed by atoms with van der Waals surface area (Å²) in [5.74, 6) is 0.364. The van der Waals surface area contributed by atoms with E-state index in [1.807, 2.05) is 6.07 Å². The van der Waals surface area contributed by atoms with Crippen molar-refractivity contribution in [3.05, 3.63) is 29.3 Å². The van der Waals surface area contributed by atoms with E-state index in [4.69, 9.17) is 0 Å². The molecule has 0 atom stereocenters. The molecule has 0 amide bonds. The third-order valence-corrected chi connectivity index (χ3v) is 3.06. The molecular weight excluding hydrogens is 174 g/mol. The number of hydrogen-bond donors (Lipinski definition) is 2. The molecule has 0 radical (unpaired) electrons. The molecule has 0 unspecified atom stereocenters. The van der Waals surface area contributed by atoms with Gasteiger partial charge in [-0.1, -0.05) is 19.9 Å². The number of phenols is 1. The zero-order valence-corrected chi connectivity index (χ0v) is 8.80. The highest BCUT2D eigenvalue weighted by atomic mass is 16.3. The van der Waals surface area contributed by atoms with Crippen molar-refractivity contribution in [1.29, 1.82) is 0 Å². The van der Waals surface area contributed by atoms with Crippen LogP contribution in [0.25, 0.3) is 0 Å². The lowest BCUT2D eigenvalue weighted by atomic mass is 9.80. The van der Waals surface area contributed by atoms with Crippen LogP contribution in [0.15, 0.2) is 18.2 Å². The van der Waals surface area contributed by atoms with Gasteiger partial charge in [0.05, 0.1) is 0 Å². The van der Waals surface area contributed by atoms with Crippen molar-refractivity contribution in [2.75, 3.05) is 6.54 Å². The summed E-state index contributed by atoms with van der Waals surface area (Å²) in [6.45, 7) is 6.43. The molecule has 1 aromatic carbocycles. The van der Waals surface area contributed by atoms with Crippen molar-refractivity contribution >= 4 is 0 Å². The van der Waals surface area contributed by atoms with Crippen LogP contribution < -0.4 is 5.32 Å². The number of benzene rings is 1. The summed E-state index contributed by atoms with van der Waals surface area (Å²) in [6, 6.07) is 5.71. The van der Waals surface area contributed by atoms with Crippen LogP contribution in [0.2, 0.25) is 0 Å². The lowest BCUT2D eigenvalue weighted by Crippen LogP contribution is -2.20. The summed E-state index contributed by atoms with van der Waals surface area (Å²) in [5, 5.41) is 12.8. The SMILES string of the molecule is CC1(C)CCNCc2cc(O)ccc21. The zero-order valence-electron chi connectivity index (χ0n) is 8.80. The average Bonchev–Trinajstić information content (AvgIpc) is 2.25. The first-order chi connectivity index (χ1) is 6.59. The van der Waals surface area contributed by atoms with Crippen molar-refractivity contribution in [1.82, 2.24) is 5.32 Å². The number of nitrogens with one attached hydrogen (secondary N) is 1. The molecule has 1 heterocycles. The van der Waals surface area contributed by atoms with Gasteiger partial charge in [0.15, 0.2) is 0 Å². The van der Waals surface area contributed by atoms with Crippen LogP contribution in [0.5, 0.6) is 5.75 Å². The van der Waals surface area contributed by atoms with E-state index in [0.717, 1.165) is 19.5 Å². The molecule has 14 heavy (non-hydrogen) atoms. The normalized spacial score (nSPS) is 19.9. The summed E-state index contributed by atoms with van der Waals surface area (Å²) < 4.78 is 0. The van der Waals surface area contributed by atoms with Gasteiger partial charge < -0.3 is 10.4 Å². The fourth-order valence-electron chi connectivity index (χ4n) is 2.15. The van der Waals surface area contributed by atoms with E-state index in [1.165, 1.54) is 11.1 Å². The van der Waals surface area contributed by atoms with Gasteiger partial charge in [0, 0.05) is 6.54 Å². The summed E-state index contributed by atoms with van der Waals surface area (Å²) in [6.07, 6.45) is 1.14. The van der Waals surface area contributed by atoms with Gasteiger partial charge in [-0.3, -0.25) is 0 Å². The third kappa shape index (κ3) is 1.62. The molecule has 1 aliphatic heterocycles. The Hall–Kier alpha value is -1.02. The quantitative estimate of drug-likeness (QED) is 0.658. The molecule has 2 nitrogen and oxygen atoms in total. The Morgan fingerprint density at radius 1 is 1.36 bits per heavy atom. The lowest BCUT2D eigenvalue weighted by molar-refractivity contribution is 0.468. The van der Waals surface area contributed by atoms with Crippen molar-refractivity contribution in [2.45, 2.75) is 32.2 Å². The molecule has 0 bridgehead atoms. The minimum Gasteiger partial charge on any atom is -0.508 e. The smallest absolute Gasteiger partial charge is 0.115 e. The Bertz CT molecular complexity index is 344. The van der Waals surface area contributed by atoms with E-state index < -0.39 is 0 Å². The summed E-state index contributed by atoms with van der Waals surface area (Å²) >= 11 is 0. The highest BCUT2D eigenvalue weighted by Crippen LogP contribution is 2.33. The molecule has 0 aromatic heterocycles. The molecule has 0 fully saturated rings. The zero-order chi connectivity index (χ0) is 10.2. The van der Waals surface area contributed by atoms with Crippen LogP contribution in [-0.2, 0) is 12.0 Å². The first-order valence-electron chi connectivity index (χ1n) is 5.13. The van der Waals surface area contributed by atoms with Gasteiger partial charge >= 0.3 is 0 Å². The Balaban J connectivity index is 2.50. The molecular formula is C12H17NO. The molecule has 0 spiro atoms. The van der Waals surface area contributed by atoms with Crippen LogP contribution in [-0.4, -0.2) is 11.7 Å². The largest absolute Gasteiger partial charge is 0.508 e. The Morgan fingerprint density at radius 3 is 2.93 bits per heavy atom. The van der Waals surface area contributed by atoms with Crippen molar-refractivity contribution in [2.24, 2.45) is 0 Å². The second-order valence-corrected chi connectivity index (χ2v) is 4.65. The van der Waals surface area contributed by atoms with Gasteiger partial charge in [0.1, 0.15) is 5.75 Å². The number of hydrogen-bond acceptors (Lipinski definition) is 2. The summed E-state index contributed by atoms with van der Waals surface area (Å²) in [7, 11) is 0. The number of phenolic OH excluding ortho intramolecular Hbond substituents is 1. The lowest BCUT2D eigenvalue weighted by Gasteiger charge is -2.24. The molecule has 2 heteroatoms. The Morgan fingerprint density at radius 2 is 2.14 bits per heavy atom. The molecule has 1 aromatic rings.